The molecule has 1 heterocycles. The summed E-state index contributed by atoms with van der Waals surface area (Å²) in [5.74, 6) is 0. The third-order valence-electron chi connectivity index (χ3n) is 3.21. The van der Waals surface area contributed by atoms with Crippen LogP contribution in [0.15, 0.2) is 54.6 Å². The summed E-state index contributed by atoms with van der Waals surface area (Å²) < 4.78 is 0. The number of rotatable bonds is 3. The van der Waals surface area contributed by atoms with Crippen LogP contribution in [-0.4, -0.2) is 4.98 Å². The second kappa shape index (κ2) is 5.57. The van der Waals surface area contributed by atoms with E-state index < -0.39 is 0 Å². The standard InChI is InChI=1S/C17H16N2S/c1-12-7-9-13(10-8-12)16-17(20-15(11-18)19-16)14-5-3-2-4-6-14/h2-10H,11,18H2,1H3. The van der Waals surface area contributed by atoms with E-state index in [0.717, 1.165) is 16.3 Å². The van der Waals surface area contributed by atoms with E-state index in [1.807, 2.05) is 6.07 Å². The quantitative estimate of drug-likeness (QED) is 0.779. The average Bonchev–Trinajstić information content (AvgIpc) is 2.93. The van der Waals surface area contributed by atoms with E-state index in [9.17, 15) is 0 Å². The van der Waals surface area contributed by atoms with Crippen molar-refractivity contribution in [1.82, 2.24) is 4.98 Å². The highest BCUT2D eigenvalue weighted by molar-refractivity contribution is 7.15. The van der Waals surface area contributed by atoms with Crippen LogP contribution in [0.2, 0.25) is 0 Å². The predicted molar refractivity (Wildman–Crippen MR) is 85.6 cm³/mol. The monoisotopic (exact) mass is 280 g/mol. The molecule has 3 rings (SSSR count). The van der Waals surface area contributed by atoms with Crippen molar-refractivity contribution in [3.8, 4) is 21.7 Å². The van der Waals surface area contributed by atoms with Crippen molar-refractivity contribution in [3.63, 3.8) is 0 Å². The van der Waals surface area contributed by atoms with E-state index in [0.29, 0.717) is 6.54 Å². The summed E-state index contributed by atoms with van der Waals surface area (Å²) in [5.41, 5.74) is 10.4. The first-order chi connectivity index (χ1) is 9.78. The van der Waals surface area contributed by atoms with Crippen molar-refractivity contribution in [3.05, 3.63) is 65.2 Å². The Balaban J connectivity index is 2.15. The summed E-state index contributed by atoms with van der Waals surface area (Å²) >= 11 is 1.68. The van der Waals surface area contributed by atoms with Crippen molar-refractivity contribution in [1.29, 1.82) is 0 Å². The van der Waals surface area contributed by atoms with E-state index >= 15 is 0 Å². The molecule has 0 saturated carbocycles. The molecule has 0 unspecified atom stereocenters. The first-order valence-electron chi connectivity index (χ1n) is 6.60. The molecule has 2 N–H and O–H groups in total. The lowest BCUT2D eigenvalue weighted by Crippen LogP contribution is -1.94. The minimum absolute atomic E-state index is 0.483. The predicted octanol–water partition coefficient (Wildman–Crippen LogP) is 4.24. The Morgan fingerprint density at radius 2 is 1.65 bits per heavy atom. The van der Waals surface area contributed by atoms with Gasteiger partial charge in [-0.1, -0.05) is 60.2 Å². The summed E-state index contributed by atoms with van der Waals surface area (Å²) in [7, 11) is 0. The van der Waals surface area contributed by atoms with Crippen LogP contribution in [0.5, 0.6) is 0 Å². The molecule has 0 saturated heterocycles. The van der Waals surface area contributed by atoms with Crippen molar-refractivity contribution >= 4 is 11.3 Å². The van der Waals surface area contributed by atoms with Crippen LogP contribution in [0, 0.1) is 6.92 Å². The number of thiazole rings is 1. The Hall–Kier alpha value is -1.97. The Morgan fingerprint density at radius 3 is 2.30 bits per heavy atom. The van der Waals surface area contributed by atoms with Crippen LogP contribution >= 0.6 is 11.3 Å². The van der Waals surface area contributed by atoms with Gasteiger partial charge in [0.1, 0.15) is 5.01 Å². The number of nitrogens with two attached hydrogens (primary N) is 1. The van der Waals surface area contributed by atoms with E-state index in [2.05, 4.69) is 55.5 Å². The van der Waals surface area contributed by atoms with Crippen LogP contribution in [-0.2, 0) is 6.54 Å². The van der Waals surface area contributed by atoms with Crippen LogP contribution in [0.4, 0.5) is 0 Å². The largest absolute Gasteiger partial charge is 0.325 e. The number of aromatic nitrogens is 1. The number of benzene rings is 2. The normalized spacial score (nSPS) is 10.7. The van der Waals surface area contributed by atoms with Gasteiger partial charge >= 0.3 is 0 Å². The van der Waals surface area contributed by atoms with Gasteiger partial charge < -0.3 is 5.73 Å². The molecule has 3 heteroatoms. The van der Waals surface area contributed by atoms with Crippen molar-refractivity contribution in [2.75, 3.05) is 0 Å². The number of hydrogen-bond donors (Lipinski definition) is 1. The molecule has 0 aliphatic heterocycles. The van der Waals surface area contributed by atoms with Crippen LogP contribution in [0.3, 0.4) is 0 Å². The molecule has 0 aliphatic carbocycles. The molecule has 0 fully saturated rings. The van der Waals surface area contributed by atoms with Gasteiger partial charge in [0.25, 0.3) is 0 Å². The second-order valence-corrected chi connectivity index (χ2v) is 5.81. The van der Waals surface area contributed by atoms with Gasteiger partial charge in [0.15, 0.2) is 0 Å². The van der Waals surface area contributed by atoms with E-state index in [-0.39, 0.29) is 0 Å². The van der Waals surface area contributed by atoms with E-state index in [4.69, 9.17) is 10.7 Å². The lowest BCUT2D eigenvalue weighted by atomic mass is 10.1. The van der Waals surface area contributed by atoms with Crippen LogP contribution in [0.25, 0.3) is 21.7 Å². The average molecular weight is 280 g/mol. The summed E-state index contributed by atoms with van der Waals surface area (Å²) in [5, 5.41) is 0.972. The minimum atomic E-state index is 0.483. The van der Waals surface area contributed by atoms with Gasteiger partial charge in [0.05, 0.1) is 10.6 Å². The maximum Gasteiger partial charge on any atom is 0.107 e. The summed E-state index contributed by atoms with van der Waals surface area (Å²) in [6.45, 7) is 2.57. The summed E-state index contributed by atoms with van der Waals surface area (Å²) in [6, 6.07) is 18.8. The fourth-order valence-corrected chi connectivity index (χ4v) is 3.11. The fourth-order valence-electron chi connectivity index (χ4n) is 2.14. The molecule has 0 radical (unpaired) electrons. The third kappa shape index (κ3) is 2.50. The van der Waals surface area contributed by atoms with Gasteiger partial charge in [0, 0.05) is 12.1 Å². The molecule has 100 valence electrons. The van der Waals surface area contributed by atoms with Crippen LogP contribution in [0.1, 0.15) is 10.6 Å². The van der Waals surface area contributed by atoms with Gasteiger partial charge in [-0.25, -0.2) is 4.98 Å². The number of hydrogen-bond acceptors (Lipinski definition) is 3. The molecule has 0 atom stereocenters. The van der Waals surface area contributed by atoms with Crippen molar-refractivity contribution in [2.45, 2.75) is 13.5 Å². The lowest BCUT2D eigenvalue weighted by molar-refractivity contribution is 1.04. The Morgan fingerprint density at radius 1 is 0.950 bits per heavy atom. The fraction of sp³-hybridized carbons (Fsp3) is 0.118. The molecular weight excluding hydrogens is 264 g/mol. The molecular formula is C17H16N2S. The first-order valence-corrected chi connectivity index (χ1v) is 7.42. The highest BCUT2D eigenvalue weighted by Crippen LogP contribution is 2.36. The van der Waals surface area contributed by atoms with E-state index in [1.54, 1.807) is 11.3 Å². The van der Waals surface area contributed by atoms with Gasteiger partial charge in [-0.3, -0.25) is 0 Å². The van der Waals surface area contributed by atoms with Gasteiger partial charge in [-0.05, 0) is 12.5 Å². The molecule has 0 aliphatic rings. The Bertz CT molecular complexity index is 700. The van der Waals surface area contributed by atoms with Gasteiger partial charge in [-0.2, -0.15) is 0 Å². The maximum atomic E-state index is 5.76. The molecule has 2 aromatic carbocycles. The minimum Gasteiger partial charge on any atom is -0.325 e. The van der Waals surface area contributed by atoms with E-state index in [1.165, 1.54) is 16.0 Å². The van der Waals surface area contributed by atoms with Crippen LogP contribution < -0.4 is 5.73 Å². The molecule has 0 bridgehead atoms. The van der Waals surface area contributed by atoms with Gasteiger partial charge in [-0.15, -0.1) is 11.3 Å². The molecule has 1 aromatic heterocycles. The molecule has 2 nitrogen and oxygen atoms in total. The summed E-state index contributed by atoms with van der Waals surface area (Å²) in [4.78, 5) is 5.89. The Labute approximate surface area is 122 Å². The maximum absolute atomic E-state index is 5.76. The Kier molecular flexibility index (Phi) is 3.63. The zero-order valence-electron chi connectivity index (χ0n) is 11.3. The van der Waals surface area contributed by atoms with Crippen molar-refractivity contribution in [2.24, 2.45) is 5.73 Å². The zero-order chi connectivity index (χ0) is 13.9. The molecule has 3 aromatic rings. The SMILES string of the molecule is Cc1ccc(-c2nc(CN)sc2-c2ccccc2)cc1. The molecule has 0 amide bonds. The smallest absolute Gasteiger partial charge is 0.107 e. The lowest BCUT2D eigenvalue weighted by Gasteiger charge is -2.03. The zero-order valence-corrected chi connectivity index (χ0v) is 12.2. The molecule has 20 heavy (non-hydrogen) atoms. The number of nitrogens with zero attached hydrogens (tertiary/aromatic N) is 1. The highest BCUT2D eigenvalue weighted by Gasteiger charge is 2.13. The topological polar surface area (TPSA) is 38.9 Å². The highest BCUT2D eigenvalue weighted by atomic mass is 32.1. The number of aryl methyl sites for hydroxylation is 1. The van der Waals surface area contributed by atoms with Crippen molar-refractivity contribution < 1.29 is 0 Å². The second-order valence-electron chi connectivity index (χ2n) is 4.72. The van der Waals surface area contributed by atoms with Gasteiger partial charge in [0.2, 0.25) is 0 Å². The summed E-state index contributed by atoms with van der Waals surface area (Å²) in [6.07, 6.45) is 0. The molecule has 0 spiro atoms. The first kappa shape index (κ1) is 13.0. The third-order valence-corrected chi connectivity index (χ3v) is 4.33.